The van der Waals surface area contributed by atoms with E-state index in [0.717, 1.165) is 41.2 Å². The lowest BCUT2D eigenvalue weighted by molar-refractivity contribution is -0.192. The Morgan fingerprint density at radius 2 is 1.79 bits per heavy atom. The number of nitrogens with one attached hydrogen (secondary N) is 1. The molecule has 0 aliphatic carbocycles. The SMILES string of the molecule is CCN(CC)Cc1cnc(-c2cc3cccc(N(CC)S(=O)(=O)c4cccs4)c3[nH]2)s1.O=C(O)C(F)(F)F. The van der Waals surface area contributed by atoms with E-state index in [9.17, 15) is 21.6 Å². The number of alkyl halides is 3. The first-order valence-corrected chi connectivity index (χ1v) is 14.7. The molecular formula is C24H27F3N4O4S3. The topological polar surface area (TPSA) is 107 Å². The first kappa shape index (κ1) is 29.6. The minimum absolute atomic E-state index is 0.346. The molecule has 0 saturated carbocycles. The summed E-state index contributed by atoms with van der Waals surface area (Å²) in [5.41, 5.74) is 2.36. The number of aromatic nitrogens is 2. The standard InChI is InChI=1S/C22H26N4O2S3.C2HF3O2/c1-4-25(5-2)15-17-14-23-22(30-17)18-13-16-9-7-10-19(21(16)24-18)26(6-3)31(27,28)20-11-8-12-29-20;3-2(4,5)1(6)7/h7-14,24H,4-6,15H2,1-3H3;(H,6,7). The van der Waals surface area contributed by atoms with E-state index in [1.165, 1.54) is 20.5 Å². The van der Waals surface area contributed by atoms with Crippen molar-refractivity contribution < 1.29 is 31.5 Å². The van der Waals surface area contributed by atoms with Crippen LogP contribution >= 0.6 is 22.7 Å². The highest BCUT2D eigenvalue weighted by Gasteiger charge is 2.38. The highest BCUT2D eigenvalue weighted by atomic mass is 32.2. The third-order valence-corrected chi connectivity index (χ3v) is 9.81. The van der Waals surface area contributed by atoms with Crippen molar-refractivity contribution in [2.24, 2.45) is 0 Å². The third-order valence-electron chi connectivity index (χ3n) is 5.53. The Hall–Kier alpha value is -2.94. The van der Waals surface area contributed by atoms with Crippen molar-refractivity contribution in [3.63, 3.8) is 0 Å². The van der Waals surface area contributed by atoms with E-state index in [1.807, 2.05) is 37.4 Å². The summed E-state index contributed by atoms with van der Waals surface area (Å²) in [4.78, 5) is 20.5. The number of fused-ring (bicyclic) bond motifs is 1. The lowest BCUT2D eigenvalue weighted by Crippen LogP contribution is -2.30. The number of aliphatic carboxylic acids is 1. The van der Waals surface area contributed by atoms with Gasteiger partial charge in [0.15, 0.2) is 0 Å². The maximum absolute atomic E-state index is 13.2. The van der Waals surface area contributed by atoms with Crippen LogP contribution in [0.1, 0.15) is 25.6 Å². The number of carboxylic acids is 1. The summed E-state index contributed by atoms with van der Waals surface area (Å²) in [5, 5.41) is 10.8. The van der Waals surface area contributed by atoms with Gasteiger partial charge in [-0.3, -0.25) is 9.21 Å². The number of halogens is 3. The highest BCUT2D eigenvalue weighted by Crippen LogP contribution is 2.35. The maximum atomic E-state index is 13.2. The second-order valence-electron chi connectivity index (χ2n) is 7.92. The Bertz CT molecular complexity index is 1460. The van der Waals surface area contributed by atoms with Crippen LogP contribution in [0.5, 0.6) is 0 Å². The monoisotopic (exact) mass is 588 g/mol. The number of para-hydroxylation sites is 1. The van der Waals surface area contributed by atoms with E-state index in [2.05, 4.69) is 28.7 Å². The van der Waals surface area contributed by atoms with Gasteiger partial charge in [-0.25, -0.2) is 18.2 Å². The van der Waals surface area contributed by atoms with Crippen LogP contribution in [0.3, 0.4) is 0 Å². The zero-order valence-corrected chi connectivity index (χ0v) is 23.3. The van der Waals surface area contributed by atoms with Crippen LogP contribution in [0, 0.1) is 0 Å². The van der Waals surface area contributed by atoms with Crippen molar-refractivity contribution >= 4 is 55.3 Å². The quantitative estimate of drug-likeness (QED) is 0.247. The van der Waals surface area contributed by atoms with Gasteiger partial charge in [0.25, 0.3) is 10.0 Å². The third kappa shape index (κ3) is 6.73. The van der Waals surface area contributed by atoms with Gasteiger partial charge in [0, 0.05) is 29.5 Å². The second-order valence-corrected chi connectivity index (χ2v) is 12.1. The molecular weight excluding hydrogens is 561 g/mol. The van der Waals surface area contributed by atoms with Gasteiger partial charge in [0.05, 0.1) is 16.9 Å². The molecule has 3 aromatic heterocycles. The molecule has 38 heavy (non-hydrogen) atoms. The van der Waals surface area contributed by atoms with E-state index < -0.39 is 22.2 Å². The summed E-state index contributed by atoms with van der Waals surface area (Å²) in [6.45, 7) is 9.42. The number of rotatable bonds is 9. The molecule has 8 nitrogen and oxygen atoms in total. The van der Waals surface area contributed by atoms with Gasteiger partial charge in [0.2, 0.25) is 0 Å². The van der Waals surface area contributed by atoms with Crippen LogP contribution in [-0.4, -0.2) is 60.2 Å². The number of benzene rings is 1. The number of aromatic amines is 1. The number of carbonyl (C=O) groups is 1. The predicted molar refractivity (Wildman–Crippen MR) is 144 cm³/mol. The van der Waals surface area contributed by atoms with E-state index in [0.29, 0.717) is 16.4 Å². The molecule has 0 aliphatic heterocycles. The molecule has 0 bridgehead atoms. The van der Waals surface area contributed by atoms with Gasteiger partial charge < -0.3 is 10.1 Å². The molecule has 0 amide bonds. The molecule has 206 valence electrons. The number of sulfonamides is 1. The highest BCUT2D eigenvalue weighted by molar-refractivity contribution is 7.94. The molecule has 0 spiro atoms. The van der Waals surface area contributed by atoms with Crippen molar-refractivity contribution in [3.8, 4) is 10.7 Å². The van der Waals surface area contributed by atoms with Gasteiger partial charge in [0.1, 0.15) is 9.22 Å². The fourth-order valence-corrected chi connectivity index (χ4v) is 7.14. The zero-order valence-electron chi connectivity index (χ0n) is 20.8. The fourth-order valence-electron chi connectivity index (χ4n) is 3.62. The number of hydrogen-bond donors (Lipinski definition) is 2. The molecule has 14 heteroatoms. The zero-order chi connectivity index (χ0) is 28.1. The maximum Gasteiger partial charge on any atom is 0.490 e. The lowest BCUT2D eigenvalue weighted by atomic mass is 10.2. The number of anilines is 1. The molecule has 0 atom stereocenters. The van der Waals surface area contributed by atoms with Crippen LogP contribution in [-0.2, 0) is 21.4 Å². The molecule has 0 aliphatic rings. The number of nitrogens with zero attached hydrogens (tertiary/aromatic N) is 3. The number of H-pyrrole nitrogens is 1. The average Bonchev–Trinajstić information content (AvgIpc) is 3.63. The summed E-state index contributed by atoms with van der Waals surface area (Å²) in [6, 6.07) is 11.2. The smallest absolute Gasteiger partial charge is 0.475 e. The molecule has 0 fully saturated rings. The minimum Gasteiger partial charge on any atom is -0.475 e. The van der Waals surface area contributed by atoms with Crippen LogP contribution in [0.2, 0.25) is 0 Å². The largest absolute Gasteiger partial charge is 0.490 e. The molecule has 0 radical (unpaired) electrons. The number of hydrogen-bond acceptors (Lipinski definition) is 7. The normalized spacial score (nSPS) is 12.0. The van der Waals surface area contributed by atoms with Crippen LogP contribution in [0.15, 0.2) is 52.2 Å². The average molecular weight is 589 g/mol. The number of thiophene rings is 1. The Kier molecular flexibility index (Phi) is 9.57. The second kappa shape index (κ2) is 12.3. The summed E-state index contributed by atoms with van der Waals surface area (Å²) in [6.07, 6.45) is -3.15. The van der Waals surface area contributed by atoms with E-state index in [1.54, 1.807) is 28.8 Å². The van der Waals surface area contributed by atoms with Crippen molar-refractivity contribution in [1.82, 2.24) is 14.9 Å². The van der Waals surface area contributed by atoms with Crippen LogP contribution < -0.4 is 4.31 Å². The van der Waals surface area contributed by atoms with Gasteiger partial charge in [-0.05, 0) is 43.6 Å². The van der Waals surface area contributed by atoms with E-state index >= 15 is 0 Å². The summed E-state index contributed by atoms with van der Waals surface area (Å²) in [7, 11) is -3.61. The Morgan fingerprint density at radius 3 is 2.34 bits per heavy atom. The minimum atomic E-state index is -5.08. The summed E-state index contributed by atoms with van der Waals surface area (Å²) < 4.78 is 60.0. The molecule has 3 heterocycles. The molecule has 2 N–H and O–H groups in total. The van der Waals surface area contributed by atoms with Gasteiger partial charge in [-0.2, -0.15) is 13.2 Å². The van der Waals surface area contributed by atoms with Crippen molar-refractivity contribution in [1.29, 1.82) is 0 Å². The molecule has 4 aromatic rings. The number of thiazole rings is 1. The Morgan fingerprint density at radius 1 is 1.11 bits per heavy atom. The Balaban J connectivity index is 0.000000505. The number of carboxylic acid groups (broad SMARTS) is 1. The lowest BCUT2D eigenvalue weighted by Gasteiger charge is -2.22. The molecule has 0 unspecified atom stereocenters. The first-order valence-electron chi connectivity index (χ1n) is 11.6. The van der Waals surface area contributed by atoms with Crippen molar-refractivity contribution in [2.45, 2.75) is 37.7 Å². The Labute approximate surface area is 226 Å². The fraction of sp³-hybridized carbons (Fsp3) is 0.333. The van der Waals surface area contributed by atoms with Gasteiger partial charge in [-0.1, -0.05) is 32.0 Å². The summed E-state index contributed by atoms with van der Waals surface area (Å²) >= 11 is 2.90. The molecule has 1 aromatic carbocycles. The van der Waals surface area contributed by atoms with Crippen molar-refractivity contribution in [3.05, 3.63) is 52.9 Å². The van der Waals surface area contributed by atoms with E-state index in [-0.39, 0.29) is 0 Å². The predicted octanol–water partition coefficient (Wildman–Crippen LogP) is 6.04. The molecule has 4 rings (SSSR count). The van der Waals surface area contributed by atoms with Crippen LogP contribution in [0.4, 0.5) is 18.9 Å². The first-order chi connectivity index (χ1) is 17.9. The summed E-state index contributed by atoms with van der Waals surface area (Å²) in [5.74, 6) is -2.76. The van der Waals surface area contributed by atoms with Crippen molar-refractivity contribution in [2.75, 3.05) is 23.9 Å². The molecule has 0 saturated heterocycles. The van der Waals surface area contributed by atoms with Gasteiger partial charge in [-0.15, -0.1) is 22.7 Å². The van der Waals surface area contributed by atoms with Crippen LogP contribution in [0.25, 0.3) is 21.6 Å². The van der Waals surface area contributed by atoms with E-state index in [4.69, 9.17) is 9.90 Å². The van der Waals surface area contributed by atoms with Gasteiger partial charge >= 0.3 is 12.1 Å².